The van der Waals surface area contributed by atoms with Crippen LogP contribution in [0.15, 0.2) is 97.1 Å². The highest BCUT2D eigenvalue weighted by Gasteiger charge is 2.38. The molecule has 0 bridgehead atoms. The molecule has 1 N–H and O–H groups in total. The Morgan fingerprint density at radius 1 is 0.524 bits per heavy atom. The molecule has 0 aromatic heterocycles. The standard InChI is InChI=1S/C39H35NO2/c1-23-7-15-29-31-17-13-27(21-35(31)38(3,4)33(29)19-23)40(26-11-9-25(10-12-26)37(41)42)28-14-18-32-30-16-8-24(2)20-34(30)39(5,6)36(32)22-28/h7-22H,1-6H3,(H,41,42). The van der Waals surface area contributed by atoms with E-state index < -0.39 is 5.97 Å². The number of fused-ring (bicyclic) bond motifs is 6. The molecule has 0 saturated heterocycles. The van der Waals surface area contributed by atoms with Gasteiger partial charge in [-0.1, -0.05) is 87.4 Å². The van der Waals surface area contributed by atoms with E-state index >= 15 is 0 Å². The lowest BCUT2D eigenvalue weighted by atomic mass is 9.81. The van der Waals surface area contributed by atoms with Gasteiger partial charge in [-0.2, -0.15) is 0 Å². The lowest BCUT2D eigenvalue weighted by Crippen LogP contribution is -2.18. The molecule has 2 aliphatic carbocycles. The van der Waals surface area contributed by atoms with Gasteiger partial charge >= 0.3 is 5.97 Å². The molecule has 0 spiro atoms. The third-order valence-corrected chi connectivity index (χ3v) is 9.52. The second kappa shape index (κ2) is 8.93. The van der Waals surface area contributed by atoms with Crippen LogP contribution in [0.4, 0.5) is 17.1 Å². The lowest BCUT2D eigenvalue weighted by Gasteiger charge is -2.30. The zero-order valence-corrected chi connectivity index (χ0v) is 25.0. The number of aromatic carboxylic acids is 1. The first-order chi connectivity index (χ1) is 20.0. The molecule has 0 atom stereocenters. The summed E-state index contributed by atoms with van der Waals surface area (Å²) in [6.45, 7) is 13.5. The number of anilines is 3. The van der Waals surface area contributed by atoms with Crippen LogP contribution in [-0.4, -0.2) is 11.1 Å². The van der Waals surface area contributed by atoms with E-state index in [9.17, 15) is 9.90 Å². The first-order valence-corrected chi connectivity index (χ1v) is 14.6. The minimum Gasteiger partial charge on any atom is -0.478 e. The maximum atomic E-state index is 11.7. The van der Waals surface area contributed by atoms with Crippen LogP contribution in [0, 0.1) is 13.8 Å². The van der Waals surface area contributed by atoms with Gasteiger partial charge in [-0.25, -0.2) is 4.79 Å². The van der Waals surface area contributed by atoms with Crippen molar-refractivity contribution in [1.29, 1.82) is 0 Å². The quantitative estimate of drug-likeness (QED) is 0.242. The molecule has 42 heavy (non-hydrogen) atoms. The monoisotopic (exact) mass is 549 g/mol. The van der Waals surface area contributed by atoms with Gasteiger partial charge in [0.15, 0.2) is 0 Å². The molecule has 0 unspecified atom stereocenters. The van der Waals surface area contributed by atoms with Crippen molar-refractivity contribution in [2.45, 2.75) is 52.4 Å². The number of carboxylic acids is 1. The van der Waals surface area contributed by atoms with E-state index in [2.05, 4.69) is 119 Å². The van der Waals surface area contributed by atoms with Crippen LogP contribution >= 0.6 is 0 Å². The van der Waals surface area contributed by atoms with E-state index in [0.29, 0.717) is 0 Å². The van der Waals surface area contributed by atoms with E-state index in [-0.39, 0.29) is 16.4 Å². The maximum Gasteiger partial charge on any atom is 0.335 e. The van der Waals surface area contributed by atoms with Gasteiger partial charge in [-0.3, -0.25) is 0 Å². The summed E-state index contributed by atoms with van der Waals surface area (Å²) >= 11 is 0. The molecule has 5 aromatic rings. The Balaban J connectivity index is 1.41. The Hall–Kier alpha value is -4.63. The summed E-state index contributed by atoms with van der Waals surface area (Å²) in [5, 5.41) is 9.57. The molecular weight excluding hydrogens is 514 g/mol. The van der Waals surface area contributed by atoms with Crippen molar-refractivity contribution >= 4 is 23.0 Å². The maximum absolute atomic E-state index is 11.7. The van der Waals surface area contributed by atoms with Crippen LogP contribution in [0.5, 0.6) is 0 Å². The van der Waals surface area contributed by atoms with Crippen LogP contribution in [0.1, 0.15) is 71.4 Å². The number of nitrogens with zero attached hydrogens (tertiary/aromatic N) is 1. The number of aryl methyl sites for hydroxylation is 2. The van der Waals surface area contributed by atoms with Gasteiger partial charge in [0.1, 0.15) is 0 Å². The predicted octanol–water partition coefficient (Wildman–Crippen LogP) is 10.1. The van der Waals surface area contributed by atoms with Crippen LogP contribution in [-0.2, 0) is 10.8 Å². The molecule has 0 amide bonds. The molecule has 2 aliphatic rings. The number of carbonyl (C=O) groups is 1. The molecule has 7 rings (SSSR count). The van der Waals surface area contributed by atoms with E-state index in [4.69, 9.17) is 0 Å². The summed E-state index contributed by atoms with van der Waals surface area (Å²) in [6, 6.07) is 34.3. The summed E-state index contributed by atoms with van der Waals surface area (Å²) < 4.78 is 0. The first kappa shape index (κ1) is 26.3. The van der Waals surface area contributed by atoms with Gasteiger partial charge in [0, 0.05) is 27.9 Å². The summed E-state index contributed by atoms with van der Waals surface area (Å²) in [5.74, 6) is -0.923. The third kappa shape index (κ3) is 3.76. The van der Waals surface area contributed by atoms with E-state index in [0.717, 1.165) is 17.1 Å². The fourth-order valence-electron chi connectivity index (χ4n) is 7.16. The summed E-state index contributed by atoms with van der Waals surface area (Å²) in [7, 11) is 0. The summed E-state index contributed by atoms with van der Waals surface area (Å²) in [5.41, 5.74) is 16.1. The number of hydrogen-bond donors (Lipinski definition) is 1. The summed E-state index contributed by atoms with van der Waals surface area (Å²) in [4.78, 5) is 13.9. The van der Waals surface area contributed by atoms with Gasteiger partial charge in [0.05, 0.1) is 5.56 Å². The fourth-order valence-corrected chi connectivity index (χ4v) is 7.16. The minimum absolute atomic E-state index is 0.134. The molecule has 0 heterocycles. The number of hydrogen-bond acceptors (Lipinski definition) is 2. The Morgan fingerprint density at radius 2 is 0.881 bits per heavy atom. The van der Waals surface area contributed by atoms with Crippen molar-refractivity contribution in [2.24, 2.45) is 0 Å². The van der Waals surface area contributed by atoms with Gasteiger partial charge in [-0.05, 0) is 107 Å². The Morgan fingerprint density at radius 3 is 1.29 bits per heavy atom. The van der Waals surface area contributed by atoms with Crippen LogP contribution in [0.3, 0.4) is 0 Å². The fraction of sp³-hybridized carbons (Fsp3) is 0.205. The average molecular weight is 550 g/mol. The van der Waals surface area contributed by atoms with Crippen molar-refractivity contribution < 1.29 is 9.90 Å². The average Bonchev–Trinajstić information content (AvgIpc) is 3.32. The van der Waals surface area contributed by atoms with Crippen LogP contribution in [0.25, 0.3) is 22.3 Å². The predicted molar refractivity (Wildman–Crippen MR) is 173 cm³/mol. The van der Waals surface area contributed by atoms with Crippen molar-refractivity contribution in [1.82, 2.24) is 0 Å². The van der Waals surface area contributed by atoms with Crippen molar-refractivity contribution in [3.05, 3.63) is 136 Å². The highest BCUT2D eigenvalue weighted by atomic mass is 16.4. The Kier molecular flexibility index (Phi) is 5.59. The molecule has 0 fully saturated rings. The van der Waals surface area contributed by atoms with Crippen LogP contribution in [0.2, 0.25) is 0 Å². The second-order valence-electron chi connectivity index (χ2n) is 13.0. The SMILES string of the molecule is Cc1ccc2c(c1)C(C)(C)c1cc(N(c3ccc(C(=O)O)cc3)c3ccc4c(c3)C(C)(C)c3cc(C)ccc3-4)ccc1-2. The normalized spacial score (nSPS) is 15.0. The number of carboxylic acid groups (broad SMARTS) is 1. The zero-order valence-electron chi connectivity index (χ0n) is 25.0. The highest BCUT2D eigenvalue weighted by molar-refractivity contribution is 5.91. The van der Waals surface area contributed by atoms with E-state index in [1.54, 1.807) is 12.1 Å². The second-order valence-corrected chi connectivity index (χ2v) is 13.0. The topological polar surface area (TPSA) is 40.5 Å². The lowest BCUT2D eigenvalue weighted by molar-refractivity contribution is 0.0697. The molecule has 208 valence electrons. The molecular formula is C39H35NO2. The van der Waals surface area contributed by atoms with E-state index in [1.807, 2.05) is 12.1 Å². The number of rotatable bonds is 4. The van der Waals surface area contributed by atoms with Crippen LogP contribution < -0.4 is 4.90 Å². The summed E-state index contributed by atoms with van der Waals surface area (Å²) in [6.07, 6.45) is 0. The first-order valence-electron chi connectivity index (χ1n) is 14.6. The molecule has 3 nitrogen and oxygen atoms in total. The number of benzene rings is 5. The van der Waals surface area contributed by atoms with Crippen molar-refractivity contribution in [3.8, 4) is 22.3 Å². The third-order valence-electron chi connectivity index (χ3n) is 9.52. The minimum atomic E-state index is -0.923. The van der Waals surface area contributed by atoms with E-state index in [1.165, 1.54) is 55.6 Å². The molecule has 0 aliphatic heterocycles. The molecule has 5 aromatic carbocycles. The molecule has 0 saturated carbocycles. The largest absolute Gasteiger partial charge is 0.478 e. The van der Waals surface area contributed by atoms with Crippen molar-refractivity contribution in [3.63, 3.8) is 0 Å². The van der Waals surface area contributed by atoms with Crippen molar-refractivity contribution in [2.75, 3.05) is 4.90 Å². The highest BCUT2D eigenvalue weighted by Crippen LogP contribution is 2.53. The van der Waals surface area contributed by atoms with Gasteiger partial charge in [0.2, 0.25) is 0 Å². The zero-order chi connectivity index (χ0) is 29.6. The van der Waals surface area contributed by atoms with Gasteiger partial charge < -0.3 is 10.0 Å². The van der Waals surface area contributed by atoms with Gasteiger partial charge in [0.25, 0.3) is 0 Å². The Labute approximate surface area is 248 Å². The smallest absolute Gasteiger partial charge is 0.335 e. The Bertz CT molecular complexity index is 1810. The molecule has 0 radical (unpaired) electrons. The molecule has 3 heteroatoms. The van der Waals surface area contributed by atoms with Gasteiger partial charge in [-0.15, -0.1) is 0 Å².